The minimum atomic E-state index is -3.36. The van der Waals surface area contributed by atoms with Crippen LogP contribution in [0.2, 0.25) is 0 Å². The molecule has 7 amide bonds. The van der Waals surface area contributed by atoms with Gasteiger partial charge in [0.15, 0.2) is 29.3 Å². The Morgan fingerprint density at radius 3 is 2.17 bits per heavy atom. The molecule has 4 saturated carbocycles. The zero-order valence-electron chi connectivity index (χ0n) is 65.3. The number of hydrogen-bond donors (Lipinski definition) is 13. The summed E-state index contributed by atoms with van der Waals surface area (Å²) in [6.07, 6.45) is -9.41. The van der Waals surface area contributed by atoms with Gasteiger partial charge in [-0.2, -0.15) is 5.10 Å². The van der Waals surface area contributed by atoms with Crippen molar-refractivity contribution >= 4 is 97.7 Å². The highest BCUT2D eigenvalue weighted by Crippen LogP contribution is 2.72. The maximum absolute atomic E-state index is 14.1. The molecule has 6 fully saturated rings. The molecule has 4 aliphatic heterocycles. The first-order chi connectivity index (χ1) is 56.3. The Labute approximate surface area is 679 Å². The number of anilines is 3. The van der Waals surface area contributed by atoms with Crippen molar-refractivity contribution in [2.24, 2.45) is 16.2 Å². The number of nitrogens with one attached hydrogen (secondary N) is 4. The number of aromatic carboxylic acids is 1. The van der Waals surface area contributed by atoms with Gasteiger partial charge in [0.05, 0.1) is 54.6 Å². The minimum absolute atomic E-state index is 0.110. The maximum atomic E-state index is 14.1. The van der Waals surface area contributed by atoms with E-state index in [1.807, 2.05) is 40.8 Å². The van der Waals surface area contributed by atoms with Crippen molar-refractivity contribution in [1.29, 1.82) is 0 Å². The summed E-state index contributed by atoms with van der Waals surface area (Å²) in [5, 5.41) is 113. The molecule has 8 aliphatic rings. The van der Waals surface area contributed by atoms with Gasteiger partial charge in [0, 0.05) is 106 Å². The first-order valence-corrected chi connectivity index (χ1v) is 39.3. The summed E-state index contributed by atoms with van der Waals surface area (Å²) in [6, 6.07) is 18.5. The fraction of sp³-hybridized carbons (Fsp3) is 0.500. The number of pyridine rings is 1. The number of hydrogen-bond acceptors (Lipinski definition) is 29. The Morgan fingerprint density at radius 2 is 1.47 bits per heavy atom. The van der Waals surface area contributed by atoms with Crippen LogP contribution >= 0.6 is 11.3 Å². The number of imide groups is 1. The molecule has 13 N–H and O–H groups in total. The number of aromatic nitrogens is 4. The Bertz CT molecular complexity index is 4830. The Kier molecular flexibility index (Phi) is 25.5. The van der Waals surface area contributed by atoms with Crippen LogP contribution in [0.25, 0.3) is 27.4 Å². The van der Waals surface area contributed by atoms with E-state index in [4.69, 9.17) is 48.0 Å². The molecule has 12 atom stereocenters. The molecule has 118 heavy (non-hydrogen) atoms. The monoisotopic (exact) mass is 1660 g/mol. The van der Waals surface area contributed by atoms with E-state index in [1.54, 1.807) is 37.6 Å². The van der Waals surface area contributed by atoms with Crippen molar-refractivity contribution in [3.8, 4) is 22.6 Å². The topological polar surface area (TPSA) is 511 Å². The van der Waals surface area contributed by atoms with E-state index in [0.717, 1.165) is 77.4 Å². The average Bonchev–Trinajstić information content (AvgIpc) is 1.01. The molecule has 2 saturated heterocycles. The predicted molar refractivity (Wildman–Crippen MR) is 416 cm³/mol. The Balaban J connectivity index is 0.669. The molecule has 14 rings (SSSR count). The number of nitrogens with zero attached hydrogens (tertiary/aromatic N) is 7. The van der Waals surface area contributed by atoms with Crippen molar-refractivity contribution in [3.63, 3.8) is 0 Å². The molecular weight excluding hydrogens is 1560 g/mol. The predicted octanol–water partition coefficient (Wildman–Crippen LogP) is 2.61. The number of methoxy groups -OCH3 is 2. The zero-order chi connectivity index (χ0) is 84.3. The van der Waals surface area contributed by atoms with Crippen LogP contribution in [0.4, 0.5) is 21.4 Å². The largest absolute Gasteiger partial charge is 0.496 e. The smallest absolute Gasteiger partial charge is 0.410 e. The lowest BCUT2D eigenvalue weighted by Crippen LogP contribution is -2.71. The van der Waals surface area contributed by atoms with Crippen LogP contribution in [-0.2, 0) is 76.7 Å². The SMILES string of the molecule is COCCN(CCOC12CC3(C)CC(C)(CC(Cn4ncc(-c5ccc(N6CCc7c(OC)ccc(C(=O)Nc8nc9ccccc9s8)c7C6)nc5C(=O)O)c4C)(C3)C1)C2)C(=O)OC/C=C/c1ccc(OC2(O[C@@H]3O[C@H](CO)[C@@H](O)[C@H](O)[C@H]3O)O[C@H](C(=O)O)[C@@H](O)[C@H](O)[C@H]2O)c(NC(=O)CCNC(=O)CCNC(=O)CN2C(=O)C=CC2=O)c1. The van der Waals surface area contributed by atoms with Gasteiger partial charge < -0.3 is 100 Å². The number of aliphatic hydroxyl groups is 7. The fourth-order valence-corrected chi connectivity index (χ4v) is 19.1. The molecule has 4 bridgehead atoms. The number of amides is 7. The second kappa shape index (κ2) is 35.2. The first kappa shape index (κ1) is 85.4. The van der Waals surface area contributed by atoms with Gasteiger partial charge in [-0.05, 0) is 134 Å². The first-order valence-electron chi connectivity index (χ1n) is 38.5. The van der Waals surface area contributed by atoms with Crippen molar-refractivity contribution in [2.75, 3.05) is 95.4 Å². The number of aliphatic hydroxyl groups excluding tert-OH is 7. The van der Waals surface area contributed by atoms with E-state index >= 15 is 0 Å². The van der Waals surface area contributed by atoms with Gasteiger partial charge in [0.2, 0.25) is 17.7 Å². The average molecular weight is 1660 g/mol. The van der Waals surface area contributed by atoms with Crippen LogP contribution in [0, 0.1) is 23.2 Å². The van der Waals surface area contributed by atoms with Crippen LogP contribution < -0.4 is 35.6 Å². The second-order valence-electron chi connectivity index (χ2n) is 31.7. The van der Waals surface area contributed by atoms with E-state index in [1.165, 1.54) is 47.6 Å². The number of thiazole rings is 1. The van der Waals surface area contributed by atoms with Crippen LogP contribution in [0.3, 0.4) is 0 Å². The van der Waals surface area contributed by atoms with E-state index in [0.29, 0.717) is 64.2 Å². The van der Waals surface area contributed by atoms with Gasteiger partial charge >= 0.3 is 24.0 Å². The van der Waals surface area contributed by atoms with Crippen molar-refractivity contribution in [3.05, 3.63) is 125 Å². The molecule has 7 heterocycles. The van der Waals surface area contributed by atoms with Gasteiger partial charge in [-0.15, -0.1) is 0 Å². The number of carbonyl (C=O) groups is 9. The molecule has 0 spiro atoms. The summed E-state index contributed by atoms with van der Waals surface area (Å²) < 4.78 is 49.8. The van der Waals surface area contributed by atoms with E-state index in [-0.39, 0.29) is 98.1 Å². The van der Waals surface area contributed by atoms with E-state index in [2.05, 4.69) is 40.1 Å². The summed E-state index contributed by atoms with van der Waals surface area (Å²) in [4.78, 5) is 130. The van der Waals surface area contributed by atoms with Crippen molar-refractivity contribution in [2.45, 2.75) is 158 Å². The molecule has 632 valence electrons. The van der Waals surface area contributed by atoms with Crippen molar-refractivity contribution < 1.29 is 127 Å². The van der Waals surface area contributed by atoms with Gasteiger partial charge in [-0.3, -0.25) is 53.1 Å². The lowest BCUT2D eigenvalue weighted by atomic mass is 9.39. The molecule has 3 aromatic carbocycles. The molecular formula is C80H95N11O26S. The van der Waals surface area contributed by atoms with E-state index < -0.39 is 140 Å². The number of benzene rings is 3. The summed E-state index contributed by atoms with van der Waals surface area (Å²) in [5.74, 6) is -9.84. The highest BCUT2D eigenvalue weighted by molar-refractivity contribution is 7.22. The third-order valence-corrected chi connectivity index (χ3v) is 23.5. The summed E-state index contributed by atoms with van der Waals surface area (Å²) in [7, 11) is 3.07. The molecule has 4 aliphatic carbocycles. The number of aliphatic carboxylic acids is 1. The Hall–Kier alpha value is -10.5. The molecule has 38 heteroatoms. The molecule has 3 unspecified atom stereocenters. The highest BCUT2D eigenvalue weighted by Gasteiger charge is 2.67. The van der Waals surface area contributed by atoms with Gasteiger partial charge in [0.25, 0.3) is 17.7 Å². The number of ether oxygens (including phenoxy) is 8. The number of rotatable bonds is 33. The van der Waals surface area contributed by atoms with Crippen LogP contribution in [0.1, 0.15) is 108 Å². The molecule has 37 nitrogen and oxygen atoms in total. The molecule has 3 aromatic heterocycles. The number of fused-ring (bicyclic) bond motifs is 2. The van der Waals surface area contributed by atoms with Crippen molar-refractivity contribution in [1.82, 2.24) is 40.2 Å². The second-order valence-corrected chi connectivity index (χ2v) is 32.7. The fourth-order valence-electron chi connectivity index (χ4n) is 18.3. The summed E-state index contributed by atoms with van der Waals surface area (Å²) in [6.45, 7) is 5.90. The quantitative estimate of drug-likeness (QED) is 0.0208. The maximum Gasteiger partial charge on any atom is 0.410 e. The summed E-state index contributed by atoms with van der Waals surface area (Å²) in [5.41, 5.74) is 3.30. The minimum Gasteiger partial charge on any atom is -0.496 e. The van der Waals surface area contributed by atoms with Crippen LogP contribution in [-0.4, -0.2) is 276 Å². The zero-order valence-corrected chi connectivity index (χ0v) is 66.1. The number of carboxylic acid groups (broad SMARTS) is 2. The highest BCUT2D eigenvalue weighted by atomic mass is 32.1. The number of carboxylic acids is 2. The third-order valence-electron chi connectivity index (χ3n) is 22.6. The van der Waals surface area contributed by atoms with Gasteiger partial charge in [0.1, 0.15) is 67.1 Å². The summed E-state index contributed by atoms with van der Waals surface area (Å²) >= 11 is 1.37. The number of carbonyl (C=O) groups excluding carboxylic acids is 7. The Morgan fingerprint density at radius 1 is 0.754 bits per heavy atom. The lowest BCUT2D eigenvalue weighted by Gasteiger charge is -2.69. The standard InChI is InChI=1S/C80H95N11O26S/c1-43-48(46-14-17-56(86-62(46)71(105)106)89-25-22-45-49(33-89)47(13-16-52(45)111-5)70(104)87-74-85-50-10-6-7-11-55(50)118-74)32-83-91(43)42-78-37-76(2)36-77(3,38-78)40-79(39-76,41-78)113-30-27-88(26-29-110-4)75(109)112-28-8-9-44-12-15-53(51(31-44)84-58(94)21-24-81-57(93)20-23-82-59(95)34-90-60(96)18-19-61(90)97)115-80(69(103)66(101)65(100)68(116-80)72(107)108)117-73-67(102)64(99)63(98)54(35-92)114-73/h6-19,31-32,54,63-69,73,92,98-103H,20-30,33-42H2,1-5H3,(H,81,93)(H,82,95)(H,84,94)(H,105,106)(H,107,108)(H,85,87,104)/b9-8+/t54-,63-,64+,65+,66+,67-,68+,69-,73+,76?,77?,78?,79?,80?/m1/s1. The van der Waals surface area contributed by atoms with Gasteiger partial charge in [-0.1, -0.05) is 49.5 Å². The lowest BCUT2D eigenvalue weighted by molar-refractivity contribution is -0.473. The van der Waals surface area contributed by atoms with E-state index in [9.17, 15) is 89.1 Å². The normalized spacial score (nSPS) is 27.6. The van der Waals surface area contributed by atoms with Gasteiger partial charge in [-0.25, -0.2) is 24.4 Å². The van der Waals surface area contributed by atoms with Crippen LogP contribution in [0.15, 0.2) is 91.2 Å². The van der Waals surface area contributed by atoms with Crippen LogP contribution in [0.5, 0.6) is 11.5 Å². The molecule has 6 aromatic rings. The molecule has 0 radical (unpaired) electrons. The number of para-hydroxylation sites is 1. The third kappa shape index (κ3) is 18.4.